The van der Waals surface area contributed by atoms with Gasteiger partial charge in [-0.2, -0.15) is 0 Å². The molecule has 9 heavy (non-hydrogen) atoms. The summed E-state index contributed by atoms with van der Waals surface area (Å²) < 4.78 is 2.13. The predicted molar refractivity (Wildman–Crippen MR) is 39.8 cm³/mol. The lowest BCUT2D eigenvalue weighted by Gasteiger charge is -1.93. The number of hydrogen-bond donors (Lipinski definition) is 0. The van der Waals surface area contributed by atoms with Crippen LogP contribution in [0.3, 0.4) is 0 Å². The summed E-state index contributed by atoms with van der Waals surface area (Å²) in [6, 6.07) is 0. The standard InChI is InChI=1S/C8H14N/c1-3-4-8-5-6-9(2)7-8/h5-8H,3-4H2,1-2H3/q+1. The van der Waals surface area contributed by atoms with Crippen molar-refractivity contribution < 1.29 is 4.58 Å². The Balaban J connectivity index is 2.40. The maximum absolute atomic E-state index is 2.25. The van der Waals surface area contributed by atoms with Gasteiger partial charge in [-0.1, -0.05) is 13.3 Å². The average Bonchev–Trinajstić information content (AvgIpc) is 2.17. The van der Waals surface area contributed by atoms with Gasteiger partial charge in [0.1, 0.15) is 7.05 Å². The van der Waals surface area contributed by atoms with Gasteiger partial charge in [0.15, 0.2) is 12.4 Å². The van der Waals surface area contributed by atoms with Gasteiger partial charge in [0.25, 0.3) is 0 Å². The molecule has 0 aromatic rings. The minimum absolute atomic E-state index is 0.708. The highest BCUT2D eigenvalue weighted by Crippen LogP contribution is 2.08. The van der Waals surface area contributed by atoms with Crippen LogP contribution in [0, 0.1) is 5.92 Å². The molecule has 0 saturated carbocycles. The Hall–Kier alpha value is -0.590. The summed E-state index contributed by atoms with van der Waals surface area (Å²) >= 11 is 0. The van der Waals surface area contributed by atoms with E-state index in [0.29, 0.717) is 5.92 Å². The van der Waals surface area contributed by atoms with Crippen molar-refractivity contribution >= 4 is 6.21 Å². The molecule has 0 aliphatic carbocycles. The van der Waals surface area contributed by atoms with Gasteiger partial charge in [0, 0.05) is 0 Å². The predicted octanol–water partition coefficient (Wildman–Crippen LogP) is 1.64. The second kappa shape index (κ2) is 2.81. The molecule has 1 rings (SSSR count). The zero-order valence-electron chi connectivity index (χ0n) is 6.17. The van der Waals surface area contributed by atoms with Crippen molar-refractivity contribution in [3.63, 3.8) is 0 Å². The maximum Gasteiger partial charge on any atom is 0.165 e. The topological polar surface area (TPSA) is 3.01 Å². The SMILES string of the molecule is CCCC1C=C[N+](C)=C1. The van der Waals surface area contributed by atoms with Crippen molar-refractivity contribution in [2.24, 2.45) is 5.92 Å². The molecule has 1 aliphatic rings. The molecular weight excluding hydrogens is 110 g/mol. The number of allylic oxidation sites excluding steroid dienone is 1. The van der Waals surface area contributed by atoms with E-state index in [0.717, 1.165) is 0 Å². The Morgan fingerprint density at radius 3 is 2.78 bits per heavy atom. The Kier molecular flexibility index (Phi) is 2.04. The van der Waals surface area contributed by atoms with Gasteiger partial charge in [-0.15, -0.1) is 0 Å². The van der Waals surface area contributed by atoms with E-state index in [1.165, 1.54) is 12.8 Å². The molecule has 1 heterocycles. The van der Waals surface area contributed by atoms with E-state index >= 15 is 0 Å². The molecule has 0 spiro atoms. The molecule has 0 aromatic heterocycles. The summed E-state index contributed by atoms with van der Waals surface area (Å²) in [6.07, 6.45) is 9.20. The van der Waals surface area contributed by atoms with E-state index in [-0.39, 0.29) is 0 Å². The Morgan fingerprint density at radius 2 is 2.33 bits per heavy atom. The highest BCUT2D eigenvalue weighted by atomic mass is 14.9. The lowest BCUT2D eigenvalue weighted by molar-refractivity contribution is -0.414. The molecule has 0 saturated heterocycles. The zero-order chi connectivity index (χ0) is 6.69. The Morgan fingerprint density at radius 1 is 1.56 bits per heavy atom. The summed E-state index contributed by atoms with van der Waals surface area (Å²) in [4.78, 5) is 0. The van der Waals surface area contributed by atoms with Crippen LogP contribution in [0.15, 0.2) is 12.3 Å². The van der Waals surface area contributed by atoms with Crippen LogP contribution in [-0.4, -0.2) is 17.8 Å². The van der Waals surface area contributed by atoms with Crippen LogP contribution in [0.1, 0.15) is 19.8 Å². The molecule has 0 bridgehead atoms. The number of nitrogens with zero attached hydrogens (tertiary/aromatic N) is 1. The molecule has 0 aromatic carbocycles. The third-order valence-corrected chi connectivity index (χ3v) is 1.62. The van der Waals surface area contributed by atoms with Crippen LogP contribution >= 0.6 is 0 Å². The normalized spacial score (nSPS) is 24.7. The van der Waals surface area contributed by atoms with Crippen molar-refractivity contribution in [1.29, 1.82) is 0 Å². The lowest BCUT2D eigenvalue weighted by Crippen LogP contribution is -1.98. The van der Waals surface area contributed by atoms with Gasteiger partial charge in [0.05, 0.1) is 5.92 Å². The fourth-order valence-corrected chi connectivity index (χ4v) is 1.15. The molecular formula is C8H14N+. The van der Waals surface area contributed by atoms with Gasteiger partial charge in [-0.25, -0.2) is 4.58 Å². The minimum Gasteiger partial charge on any atom is -0.211 e. The van der Waals surface area contributed by atoms with E-state index < -0.39 is 0 Å². The van der Waals surface area contributed by atoms with Gasteiger partial charge in [0.2, 0.25) is 0 Å². The Bertz CT molecular complexity index is 145. The monoisotopic (exact) mass is 124 g/mol. The second-order valence-corrected chi connectivity index (χ2v) is 2.61. The van der Waals surface area contributed by atoms with E-state index in [4.69, 9.17) is 0 Å². The largest absolute Gasteiger partial charge is 0.211 e. The Labute approximate surface area is 56.7 Å². The van der Waals surface area contributed by atoms with Crippen molar-refractivity contribution in [3.05, 3.63) is 12.3 Å². The highest BCUT2D eigenvalue weighted by Gasteiger charge is 2.10. The summed E-state index contributed by atoms with van der Waals surface area (Å²) in [5, 5.41) is 0. The van der Waals surface area contributed by atoms with Crippen molar-refractivity contribution in [2.45, 2.75) is 19.8 Å². The molecule has 0 N–H and O–H groups in total. The van der Waals surface area contributed by atoms with Crippen molar-refractivity contribution in [3.8, 4) is 0 Å². The average molecular weight is 124 g/mol. The first-order chi connectivity index (χ1) is 4.33. The quantitative estimate of drug-likeness (QED) is 0.492. The molecule has 1 atom stereocenters. The summed E-state index contributed by atoms with van der Waals surface area (Å²) in [5.41, 5.74) is 0. The van der Waals surface area contributed by atoms with Crippen LogP contribution < -0.4 is 0 Å². The molecule has 0 radical (unpaired) electrons. The first kappa shape index (κ1) is 6.53. The van der Waals surface area contributed by atoms with Gasteiger partial charge in [-0.05, 0) is 12.5 Å². The van der Waals surface area contributed by atoms with E-state index in [9.17, 15) is 0 Å². The molecule has 1 aliphatic heterocycles. The highest BCUT2D eigenvalue weighted by molar-refractivity contribution is 5.59. The number of rotatable bonds is 2. The maximum atomic E-state index is 2.25. The van der Waals surface area contributed by atoms with Gasteiger partial charge in [-0.3, -0.25) is 0 Å². The third-order valence-electron chi connectivity index (χ3n) is 1.62. The molecule has 1 heteroatoms. The lowest BCUT2D eigenvalue weighted by atomic mass is 10.1. The summed E-state index contributed by atoms with van der Waals surface area (Å²) in [6.45, 7) is 2.22. The minimum atomic E-state index is 0.708. The van der Waals surface area contributed by atoms with Crippen LogP contribution in [-0.2, 0) is 0 Å². The fourth-order valence-electron chi connectivity index (χ4n) is 1.15. The molecule has 1 unspecified atom stereocenters. The van der Waals surface area contributed by atoms with Crippen LogP contribution in [0.25, 0.3) is 0 Å². The van der Waals surface area contributed by atoms with E-state index in [2.05, 4.69) is 37.0 Å². The summed E-state index contributed by atoms with van der Waals surface area (Å²) in [5.74, 6) is 0.708. The third kappa shape index (κ3) is 1.67. The van der Waals surface area contributed by atoms with Crippen LogP contribution in [0.2, 0.25) is 0 Å². The van der Waals surface area contributed by atoms with E-state index in [1.807, 2.05) is 0 Å². The first-order valence-corrected chi connectivity index (χ1v) is 3.58. The number of hydrogen-bond acceptors (Lipinski definition) is 0. The molecule has 50 valence electrons. The zero-order valence-corrected chi connectivity index (χ0v) is 6.17. The first-order valence-electron chi connectivity index (χ1n) is 3.58. The molecule has 1 nitrogen and oxygen atoms in total. The smallest absolute Gasteiger partial charge is 0.165 e. The second-order valence-electron chi connectivity index (χ2n) is 2.61. The van der Waals surface area contributed by atoms with Gasteiger partial charge >= 0.3 is 0 Å². The summed E-state index contributed by atoms with van der Waals surface area (Å²) in [7, 11) is 2.08. The van der Waals surface area contributed by atoms with Gasteiger partial charge < -0.3 is 0 Å². The van der Waals surface area contributed by atoms with Crippen molar-refractivity contribution in [1.82, 2.24) is 0 Å². The molecule has 0 amide bonds. The van der Waals surface area contributed by atoms with Crippen LogP contribution in [0.4, 0.5) is 0 Å². The molecule has 0 fully saturated rings. The van der Waals surface area contributed by atoms with Crippen LogP contribution in [0.5, 0.6) is 0 Å². The van der Waals surface area contributed by atoms with Crippen molar-refractivity contribution in [2.75, 3.05) is 7.05 Å². The fraction of sp³-hybridized carbons (Fsp3) is 0.625. The van der Waals surface area contributed by atoms with E-state index in [1.54, 1.807) is 0 Å².